The molecule has 0 aliphatic carbocycles. The topological polar surface area (TPSA) is 64.6 Å². The first-order chi connectivity index (χ1) is 19.9. The van der Waals surface area contributed by atoms with E-state index in [0.29, 0.717) is 13.2 Å². The molecule has 0 spiro atoms. The van der Waals surface area contributed by atoms with Crippen molar-refractivity contribution in [3.63, 3.8) is 0 Å². The Morgan fingerprint density at radius 2 is 1.12 bits per heavy atom. The normalized spacial score (nSPS) is 20.5. The predicted molar refractivity (Wildman–Crippen MR) is 161 cm³/mol. The van der Waals surface area contributed by atoms with Crippen LogP contribution in [0, 0.1) is 0 Å². The maximum atomic E-state index is 6.28. The fraction of sp³-hybridized carbons (Fsp3) is 0.939. The molecule has 0 saturated carbocycles. The Labute approximate surface area is 246 Å². The van der Waals surface area contributed by atoms with E-state index in [-0.39, 0.29) is 18.7 Å². The van der Waals surface area contributed by atoms with Crippen molar-refractivity contribution >= 4 is 0 Å². The molecule has 3 atom stereocenters. The van der Waals surface area contributed by atoms with E-state index in [1.54, 1.807) is 0 Å². The minimum atomic E-state index is 0.0351. The highest BCUT2D eigenvalue weighted by Crippen LogP contribution is 2.16. The second kappa shape index (κ2) is 27.3. The number of rotatable bonds is 28. The minimum Gasteiger partial charge on any atom is -0.379 e. The van der Waals surface area contributed by atoms with Gasteiger partial charge in [-0.2, -0.15) is 0 Å². The van der Waals surface area contributed by atoms with Crippen molar-refractivity contribution in [1.29, 1.82) is 0 Å². The molecule has 0 amide bonds. The summed E-state index contributed by atoms with van der Waals surface area (Å²) in [5.41, 5.74) is 0. The van der Waals surface area contributed by atoms with Gasteiger partial charge >= 0.3 is 0 Å². The van der Waals surface area contributed by atoms with E-state index < -0.39 is 0 Å². The van der Waals surface area contributed by atoms with Gasteiger partial charge in [-0.1, -0.05) is 51.0 Å². The van der Waals surface area contributed by atoms with Gasteiger partial charge in [-0.15, -0.1) is 6.58 Å². The maximum Gasteiger partial charge on any atom is 0.157 e. The van der Waals surface area contributed by atoms with Crippen LogP contribution in [0.4, 0.5) is 0 Å². The molecular formula is C33H62O7. The standard InChI is InChI=1S/C33H62O7/c1-2-22-34-23-12-4-3-9-19-31(36-25-14-7-8-16-27-38-33-21-11-18-29-40-33)30-35-24-13-5-6-15-26-37-32-20-10-17-28-39-32/h2,31-33H,1,3-30H2. The molecule has 0 aromatic heterocycles. The molecule has 40 heavy (non-hydrogen) atoms. The van der Waals surface area contributed by atoms with E-state index in [9.17, 15) is 0 Å². The summed E-state index contributed by atoms with van der Waals surface area (Å²) in [6.45, 7) is 10.8. The molecule has 2 heterocycles. The molecule has 0 bridgehead atoms. The third kappa shape index (κ3) is 21.2. The zero-order valence-corrected chi connectivity index (χ0v) is 25.7. The van der Waals surface area contributed by atoms with E-state index >= 15 is 0 Å². The molecule has 0 radical (unpaired) electrons. The Morgan fingerprint density at radius 1 is 0.600 bits per heavy atom. The fourth-order valence-electron chi connectivity index (χ4n) is 5.11. The van der Waals surface area contributed by atoms with Gasteiger partial charge in [0.15, 0.2) is 12.6 Å². The van der Waals surface area contributed by atoms with Gasteiger partial charge in [0.25, 0.3) is 0 Å². The lowest BCUT2D eigenvalue weighted by atomic mass is 10.1. The summed E-state index contributed by atoms with van der Waals surface area (Å²) < 4.78 is 40.8. The first-order valence-corrected chi connectivity index (χ1v) is 16.7. The van der Waals surface area contributed by atoms with E-state index in [1.165, 1.54) is 70.6 Å². The zero-order valence-electron chi connectivity index (χ0n) is 25.7. The van der Waals surface area contributed by atoms with Crippen LogP contribution in [0.25, 0.3) is 0 Å². The molecular weight excluding hydrogens is 508 g/mol. The second-order valence-corrected chi connectivity index (χ2v) is 11.3. The van der Waals surface area contributed by atoms with Crippen molar-refractivity contribution in [2.75, 3.05) is 59.5 Å². The van der Waals surface area contributed by atoms with Gasteiger partial charge in [0, 0.05) is 46.2 Å². The molecule has 0 aromatic rings. The van der Waals surface area contributed by atoms with Gasteiger partial charge in [0.2, 0.25) is 0 Å². The highest BCUT2D eigenvalue weighted by molar-refractivity contribution is 4.64. The third-order valence-corrected chi connectivity index (χ3v) is 7.56. The third-order valence-electron chi connectivity index (χ3n) is 7.56. The summed E-state index contributed by atoms with van der Waals surface area (Å²) in [5.74, 6) is 0. The van der Waals surface area contributed by atoms with Crippen molar-refractivity contribution in [1.82, 2.24) is 0 Å². The van der Waals surface area contributed by atoms with Crippen LogP contribution in [0.1, 0.15) is 122 Å². The first kappa shape index (κ1) is 35.7. The quantitative estimate of drug-likeness (QED) is 0.0704. The van der Waals surface area contributed by atoms with Crippen molar-refractivity contribution in [3.8, 4) is 0 Å². The number of ether oxygens (including phenoxy) is 7. The zero-order chi connectivity index (χ0) is 28.2. The Bertz CT molecular complexity index is 535. The summed E-state index contributed by atoms with van der Waals surface area (Å²) in [6.07, 6.45) is 23.9. The van der Waals surface area contributed by atoms with Crippen LogP contribution in [0.2, 0.25) is 0 Å². The molecule has 3 unspecified atom stereocenters. The molecule has 2 saturated heterocycles. The van der Waals surface area contributed by atoms with Gasteiger partial charge in [0.05, 0.1) is 19.3 Å². The first-order valence-electron chi connectivity index (χ1n) is 16.7. The van der Waals surface area contributed by atoms with Crippen LogP contribution in [-0.2, 0) is 33.2 Å². The summed E-state index contributed by atoms with van der Waals surface area (Å²) in [7, 11) is 0. The second-order valence-electron chi connectivity index (χ2n) is 11.3. The molecule has 2 fully saturated rings. The summed E-state index contributed by atoms with van der Waals surface area (Å²) >= 11 is 0. The van der Waals surface area contributed by atoms with Crippen molar-refractivity contribution in [3.05, 3.63) is 12.7 Å². The highest BCUT2D eigenvalue weighted by atomic mass is 16.7. The predicted octanol–water partition coefficient (Wildman–Crippen LogP) is 7.75. The summed E-state index contributed by atoms with van der Waals surface area (Å²) in [4.78, 5) is 0. The van der Waals surface area contributed by atoms with Crippen molar-refractivity contribution < 1.29 is 33.2 Å². The largest absolute Gasteiger partial charge is 0.379 e. The van der Waals surface area contributed by atoms with Gasteiger partial charge < -0.3 is 33.2 Å². The van der Waals surface area contributed by atoms with Crippen LogP contribution in [0.15, 0.2) is 12.7 Å². The van der Waals surface area contributed by atoms with E-state index in [1.807, 2.05) is 6.08 Å². The molecule has 7 nitrogen and oxygen atoms in total. The maximum absolute atomic E-state index is 6.28. The Hall–Kier alpha value is -0.540. The lowest BCUT2D eigenvalue weighted by molar-refractivity contribution is -0.163. The van der Waals surface area contributed by atoms with Gasteiger partial charge in [-0.3, -0.25) is 0 Å². The van der Waals surface area contributed by atoms with Crippen LogP contribution < -0.4 is 0 Å². The van der Waals surface area contributed by atoms with E-state index in [0.717, 1.165) is 97.6 Å². The molecule has 236 valence electrons. The number of unbranched alkanes of at least 4 members (excludes halogenated alkanes) is 9. The Kier molecular flexibility index (Phi) is 24.3. The summed E-state index contributed by atoms with van der Waals surface area (Å²) in [5, 5.41) is 0. The number of hydrogen-bond acceptors (Lipinski definition) is 7. The smallest absolute Gasteiger partial charge is 0.157 e. The van der Waals surface area contributed by atoms with Crippen molar-refractivity contribution in [2.24, 2.45) is 0 Å². The molecule has 7 heteroatoms. The molecule has 2 aliphatic rings. The Morgan fingerprint density at radius 3 is 1.68 bits per heavy atom. The molecule has 0 aromatic carbocycles. The van der Waals surface area contributed by atoms with Crippen molar-refractivity contribution in [2.45, 2.75) is 141 Å². The molecule has 2 rings (SSSR count). The summed E-state index contributed by atoms with van der Waals surface area (Å²) in [6, 6.07) is 0. The minimum absolute atomic E-state index is 0.0351. The monoisotopic (exact) mass is 570 g/mol. The van der Waals surface area contributed by atoms with E-state index in [4.69, 9.17) is 33.2 Å². The van der Waals surface area contributed by atoms with Crippen LogP contribution in [-0.4, -0.2) is 78.1 Å². The number of hydrogen-bond donors (Lipinski definition) is 0. The van der Waals surface area contributed by atoms with Gasteiger partial charge in [0.1, 0.15) is 0 Å². The molecule has 2 aliphatic heterocycles. The van der Waals surface area contributed by atoms with Crippen LogP contribution in [0.3, 0.4) is 0 Å². The highest BCUT2D eigenvalue weighted by Gasteiger charge is 2.14. The van der Waals surface area contributed by atoms with Crippen LogP contribution in [0.5, 0.6) is 0 Å². The SMILES string of the molecule is C=CCOCCCCCCC(COCCCCCCOC1CCCCO1)OCCCCCCOC1CCCCO1. The van der Waals surface area contributed by atoms with Gasteiger partial charge in [-0.05, 0) is 77.0 Å². The van der Waals surface area contributed by atoms with E-state index in [2.05, 4.69) is 6.58 Å². The fourth-order valence-corrected chi connectivity index (χ4v) is 5.11. The van der Waals surface area contributed by atoms with Crippen LogP contribution >= 0.6 is 0 Å². The lowest BCUT2D eigenvalue weighted by Crippen LogP contribution is -2.22. The average molecular weight is 571 g/mol. The van der Waals surface area contributed by atoms with Gasteiger partial charge in [-0.25, -0.2) is 0 Å². The molecule has 0 N–H and O–H groups in total. The Balaban J connectivity index is 1.46. The lowest BCUT2D eigenvalue weighted by Gasteiger charge is -2.22. The average Bonchev–Trinajstić information content (AvgIpc) is 2.99.